The van der Waals surface area contributed by atoms with Crippen molar-refractivity contribution in [1.29, 1.82) is 0 Å². The number of anilines is 1. The molecule has 0 bridgehead atoms. The van der Waals surface area contributed by atoms with E-state index >= 15 is 0 Å². The standard InChI is InChI=1S/C35H41N5O5S/c1-35(2,3)45-34(43)38-21-30(40(31(41)22-38)33-36-28(23-46-33)24-11-6-5-7-12-24)32(42)39(26-15-16-26)20-25-19-37(17-10-18-44-4)29-14-9-8-13-27(25)29/h5-9,11-14,19,23,26,30H,10,15-18,20-22H2,1-4H3. The lowest BCUT2D eigenvalue weighted by Gasteiger charge is -2.41. The van der Waals surface area contributed by atoms with Crippen LogP contribution >= 0.6 is 11.3 Å². The van der Waals surface area contributed by atoms with Crippen molar-refractivity contribution in [1.82, 2.24) is 19.4 Å². The lowest BCUT2D eigenvalue weighted by atomic mass is 10.1. The molecule has 1 atom stereocenters. The molecule has 3 heterocycles. The number of para-hydroxylation sites is 1. The first-order chi connectivity index (χ1) is 22.1. The van der Waals surface area contributed by atoms with E-state index in [1.54, 1.807) is 27.9 Å². The van der Waals surface area contributed by atoms with Crippen LogP contribution in [0.3, 0.4) is 0 Å². The quantitative estimate of drug-likeness (QED) is 0.198. The number of aromatic nitrogens is 2. The number of ether oxygens (including phenoxy) is 2. The summed E-state index contributed by atoms with van der Waals surface area (Å²) in [5.74, 6) is -0.563. The van der Waals surface area contributed by atoms with E-state index in [-0.39, 0.29) is 30.9 Å². The summed E-state index contributed by atoms with van der Waals surface area (Å²) in [5.41, 5.74) is 3.07. The molecule has 10 nitrogen and oxygen atoms in total. The second-order valence-corrected chi connectivity index (χ2v) is 13.8. The number of thiazole rings is 1. The maximum atomic E-state index is 14.7. The molecule has 242 valence electrons. The minimum absolute atomic E-state index is 0.0156. The van der Waals surface area contributed by atoms with E-state index in [1.807, 2.05) is 52.7 Å². The highest BCUT2D eigenvalue weighted by Gasteiger charge is 2.46. The van der Waals surface area contributed by atoms with Crippen molar-refractivity contribution in [2.75, 3.05) is 31.7 Å². The normalized spacial score (nSPS) is 17.0. The third-order valence-electron chi connectivity index (χ3n) is 8.23. The summed E-state index contributed by atoms with van der Waals surface area (Å²) in [7, 11) is 1.70. The van der Waals surface area contributed by atoms with Gasteiger partial charge in [-0.05, 0) is 51.7 Å². The van der Waals surface area contributed by atoms with Crippen LogP contribution in [-0.4, -0.2) is 81.7 Å². The Morgan fingerprint density at radius 3 is 2.52 bits per heavy atom. The van der Waals surface area contributed by atoms with Crippen LogP contribution in [0.2, 0.25) is 0 Å². The Kier molecular flexibility index (Phi) is 9.15. The third kappa shape index (κ3) is 6.95. The second-order valence-electron chi connectivity index (χ2n) is 12.9. The molecule has 4 aromatic rings. The molecule has 2 aliphatic rings. The number of benzene rings is 2. The SMILES string of the molecule is COCCCn1cc(CN(C(=O)C2CN(C(=O)OC(C)(C)C)CC(=O)N2c2nc(-c3ccccc3)cs2)C2CC2)c2ccccc21. The van der Waals surface area contributed by atoms with E-state index in [2.05, 4.69) is 22.9 Å². The predicted octanol–water partition coefficient (Wildman–Crippen LogP) is 5.94. The van der Waals surface area contributed by atoms with Gasteiger partial charge < -0.3 is 18.9 Å². The van der Waals surface area contributed by atoms with E-state index in [0.29, 0.717) is 18.3 Å². The van der Waals surface area contributed by atoms with E-state index in [9.17, 15) is 14.4 Å². The highest BCUT2D eigenvalue weighted by molar-refractivity contribution is 7.14. The van der Waals surface area contributed by atoms with Gasteiger partial charge in [0.2, 0.25) is 11.8 Å². The number of hydrogen-bond donors (Lipinski definition) is 0. The largest absolute Gasteiger partial charge is 0.444 e. The zero-order valence-corrected chi connectivity index (χ0v) is 27.7. The molecule has 0 radical (unpaired) electrons. The number of piperazine rings is 1. The molecule has 3 amide bonds. The first kappa shape index (κ1) is 31.7. The maximum absolute atomic E-state index is 14.7. The molecule has 2 aromatic heterocycles. The van der Waals surface area contributed by atoms with Gasteiger partial charge in [-0.1, -0.05) is 48.5 Å². The first-order valence-corrected chi connectivity index (χ1v) is 16.7. The van der Waals surface area contributed by atoms with Crippen molar-refractivity contribution in [2.24, 2.45) is 0 Å². The van der Waals surface area contributed by atoms with Crippen LogP contribution in [-0.2, 0) is 32.2 Å². The molecule has 0 spiro atoms. The number of carbonyl (C=O) groups excluding carboxylic acids is 3. The Labute approximate surface area is 273 Å². The maximum Gasteiger partial charge on any atom is 0.410 e. The Bertz CT molecular complexity index is 1710. The summed E-state index contributed by atoms with van der Waals surface area (Å²) >= 11 is 1.32. The minimum Gasteiger partial charge on any atom is -0.444 e. The summed E-state index contributed by atoms with van der Waals surface area (Å²) in [6, 6.07) is 17.1. The van der Waals surface area contributed by atoms with Gasteiger partial charge in [-0.25, -0.2) is 9.78 Å². The van der Waals surface area contributed by atoms with Crippen LogP contribution in [0.1, 0.15) is 45.6 Å². The Hall–Kier alpha value is -4.22. The molecule has 2 fully saturated rings. The van der Waals surface area contributed by atoms with Gasteiger partial charge in [0.05, 0.1) is 12.2 Å². The Morgan fingerprint density at radius 1 is 1.07 bits per heavy atom. The van der Waals surface area contributed by atoms with Crippen molar-refractivity contribution < 1.29 is 23.9 Å². The van der Waals surface area contributed by atoms with Crippen molar-refractivity contribution in [3.63, 3.8) is 0 Å². The van der Waals surface area contributed by atoms with Gasteiger partial charge in [0.15, 0.2) is 5.13 Å². The zero-order valence-electron chi connectivity index (χ0n) is 26.8. The van der Waals surface area contributed by atoms with Gasteiger partial charge in [0.1, 0.15) is 18.2 Å². The number of fused-ring (bicyclic) bond motifs is 1. The monoisotopic (exact) mass is 643 g/mol. The fourth-order valence-electron chi connectivity index (χ4n) is 5.94. The number of methoxy groups -OCH3 is 1. The summed E-state index contributed by atoms with van der Waals surface area (Å²) in [6.07, 6.45) is 4.18. The van der Waals surface area contributed by atoms with Gasteiger partial charge in [-0.3, -0.25) is 19.4 Å². The van der Waals surface area contributed by atoms with Crippen LogP contribution in [0.15, 0.2) is 66.2 Å². The Morgan fingerprint density at radius 2 is 1.80 bits per heavy atom. The average molecular weight is 644 g/mol. The third-order valence-corrected chi connectivity index (χ3v) is 9.07. The first-order valence-electron chi connectivity index (χ1n) is 15.8. The van der Waals surface area contributed by atoms with Crippen molar-refractivity contribution >= 4 is 45.3 Å². The Balaban J connectivity index is 1.33. The predicted molar refractivity (Wildman–Crippen MR) is 179 cm³/mol. The average Bonchev–Trinajstić information content (AvgIpc) is 3.65. The van der Waals surface area contributed by atoms with E-state index in [1.165, 1.54) is 21.1 Å². The van der Waals surface area contributed by atoms with Gasteiger partial charge in [0, 0.05) is 60.9 Å². The molecular weight excluding hydrogens is 602 g/mol. The molecule has 1 saturated heterocycles. The summed E-state index contributed by atoms with van der Waals surface area (Å²) in [6.45, 7) is 7.04. The van der Waals surface area contributed by atoms with Crippen LogP contribution in [0, 0.1) is 0 Å². The van der Waals surface area contributed by atoms with E-state index < -0.39 is 17.7 Å². The minimum atomic E-state index is -0.945. The molecule has 46 heavy (non-hydrogen) atoms. The molecule has 0 N–H and O–H groups in total. The zero-order chi connectivity index (χ0) is 32.4. The summed E-state index contributed by atoms with van der Waals surface area (Å²) in [5, 5.41) is 3.44. The topological polar surface area (TPSA) is 97.2 Å². The fourth-order valence-corrected chi connectivity index (χ4v) is 6.84. The number of hydrogen-bond acceptors (Lipinski definition) is 7. The summed E-state index contributed by atoms with van der Waals surface area (Å²) in [4.78, 5) is 51.3. The summed E-state index contributed by atoms with van der Waals surface area (Å²) < 4.78 is 13.1. The highest BCUT2D eigenvalue weighted by Crippen LogP contribution is 2.35. The van der Waals surface area contributed by atoms with E-state index in [0.717, 1.165) is 53.5 Å². The molecule has 1 aliphatic carbocycles. The highest BCUT2D eigenvalue weighted by atomic mass is 32.1. The van der Waals surface area contributed by atoms with Crippen molar-refractivity contribution in [3.8, 4) is 11.3 Å². The fraction of sp³-hybridized carbons (Fsp3) is 0.429. The number of carbonyl (C=O) groups is 3. The van der Waals surface area contributed by atoms with Crippen LogP contribution < -0.4 is 4.90 Å². The van der Waals surface area contributed by atoms with Crippen LogP contribution in [0.5, 0.6) is 0 Å². The van der Waals surface area contributed by atoms with Crippen molar-refractivity contribution in [2.45, 2.75) is 70.8 Å². The number of aryl methyl sites for hydroxylation is 1. The van der Waals surface area contributed by atoms with Crippen LogP contribution in [0.4, 0.5) is 9.93 Å². The van der Waals surface area contributed by atoms with E-state index in [4.69, 9.17) is 14.5 Å². The number of nitrogens with zero attached hydrogens (tertiary/aromatic N) is 5. The lowest BCUT2D eigenvalue weighted by molar-refractivity contribution is -0.138. The number of rotatable bonds is 10. The molecule has 1 saturated carbocycles. The van der Waals surface area contributed by atoms with Gasteiger partial charge in [0.25, 0.3) is 0 Å². The second kappa shape index (κ2) is 13.3. The van der Waals surface area contributed by atoms with Gasteiger partial charge >= 0.3 is 6.09 Å². The lowest BCUT2D eigenvalue weighted by Crippen LogP contribution is -2.63. The number of amides is 3. The van der Waals surface area contributed by atoms with Crippen LogP contribution in [0.25, 0.3) is 22.2 Å². The molecule has 1 aliphatic heterocycles. The molecule has 1 unspecified atom stereocenters. The van der Waals surface area contributed by atoms with Gasteiger partial charge in [-0.2, -0.15) is 0 Å². The molecular formula is C35H41N5O5S. The molecule has 11 heteroatoms. The van der Waals surface area contributed by atoms with Crippen molar-refractivity contribution in [3.05, 3.63) is 71.7 Å². The van der Waals surface area contributed by atoms with Gasteiger partial charge in [-0.15, -0.1) is 11.3 Å². The molecule has 6 rings (SSSR count). The molecule has 2 aromatic carbocycles. The smallest absolute Gasteiger partial charge is 0.410 e.